The van der Waals surface area contributed by atoms with E-state index in [2.05, 4.69) is 4.72 Å². The molecule has 0 heterocycles. The van der Waals surface area contributed by atoms with Crippen LogP contribution in [0.3, 0.4) is 0 Å². The molecule has 0 aliphatic heterocycles. The first kappa shape index (κ1) is 18.3. The van der Waals surface area contributed by atoms with Crippen molar-refractivity contribution in [3.05, 3.63) is 22.2 Å². The molecule has 0 aromatic heterocycles. The molecular formula is C14H17Cl2NO5S. The number of carboxylic acid groups (broad SMARTS) is 1. The van der Waals surface area contributed by atoms with E-state index in [0.29, 0.717) is 25.7 Å². The summed E-state index contributed by atoms with van der Waals surface area (Å²) in [7, 11) is -2.44. The molecule has 1 saturated carbocycles. The first-order valence-corrected chi connectivity index (χ1v) is 9.27. The summed E-state index contributed by atoms with van der Waals surface area (Å²) in [5.41, 5.74) is 0. The van der Waals surface area contributed by atoms with Crippen LogP contribution in [0.25, 0.3) is 0 Å². The second-order valence-corrected chi connectivity index (χ2v) is 7.84. The lowest BCUT2D eigenvalue weighted by Crippen LogP contribution is -2.38. The summed E-state index contributed by atoms with van der Waals surface area (Å²) in [5, 5.41) is 8.90. The van der Waals surface area contributed by atoms with Gasteiger partial charge in [-0.3, -0.25) is 4.79 Å². The van der Waals surface area contributed by atoms with E-state index in [1.165, 1.54) is 19.2 Å². The monoisotopic (exact) mass is 381 g/mol. The highest BCUT2D eigenvalue weighted by molar-refractivity contribution is 7.89. The lowest BCUT2D eigenvalue weighted by Gasteiger charge is -2.26. The molecule has 0 saturated heterocycles. The van der Waals surface area contributed by atoms with Crippen LogP contribution in [-0.2, 0) is 14.8 Å². The van der Waals surface area contributed by atoms with Crippen molar-refractivity contribution < 1.29 is 23.1 Å². The van der Waals surface area contributed by atoms with Gasteiger partial charge < -0.3 is 9.84 Å². The number of ether oxygens (including phenoxy) is 1. The highest BCUT2D eigenvalue weighted by Gasteiger charge is 2.30. The zero-order chi connectivity index (χ0) is 17.2. The predicted molar refractivity (Wildman–Crippen MR) is 86.7 cm³/mol. The van der Waals surface area contributed by atoms with Crippen molar-refractivity contribution in [3.63, 3.8) is 0 Å². The second kappa shape index (κ2) is 7.25. The number of methoxy groups -OCH3 is 1. The van der Waals surface area contributed by atoms with Crippen LogP contribution >= 0.6 is 23.2 Å². The first-order valence-electron chi connectivity index (χ1n) is 7.03. The van der Waals surface area contributed by atoms with Crippen molar-refractivity contribution in [3.8, 4) is 5.75 Å². The number of hydrogen-bond acceptors (Lipinski definition) is 4. The maximum Gasteiger partial charge on any atom is 0.306 e. The average Bonchev–Trinajstić information content (AvgIpc) is 2.49. The van der Waals surface area contributed by atoms with E-state index in [4.69, 9.17) is 33.0 Å². The van der Waals surface area contributed by atoms with Crippen LogP contribution in [0.15, 0.2) is 17.0 Å². The van der Waals surface area contributed by atoms with Gasteiger partial charge in [0.05, 0.1) is 18.1 Å². The van der Waals surface area contributed by atoms with Crippen LogP contribution in [-0.4, -0.2) is 32.6 Å². The Balaban J connectivity index is 2.14. The van der Waals surface area contributed by atoms with Crippen molar-refractivity contribution in [2.24, 2.45) is 5.92 Å². The molecule has 2 N–H and O–H groups in total. The van der Waals surface area contributed by atoms with Crippen molar-refractivity contribution in [2.45, 2.75) is 36.6 Å². The van der Waals surface area contributed by atoms with E-state index in [1.807, 2.05) is 0 Å². The fourth-order valence-corrected chi connectivity index (χ4v) is 4.77. The third kappa shape index (κ3) is 4.09. The zero-order valence-corrected chi connectivity index (χ0v) is 14.7. The highest BCUT2D eigenvalue weighted by Crippen LogP contribution is 2.37. The number of carbonyl (C=O) groups is 1. The third-order valence-corrected chi connectivity index (χ3v) is 6.46. The molecule has 1 aromatic carbocycles. The molecule has 2 rings (SSSR count). The van der Waals surface area contributed by atoms with E-state index < -0.39 is 21.9 Å². The van der Waals surface area contributed by atoms with Gasteiger partial charge in [0.15, 0.2) is 0 Å². The molecule has 1 fully saturated rings. The number of benzene rings is 1. The zero-order valence-electron chi connectivity index (χ0n) is 12.4. The summed E-state index contributed by atoms with van der Waals surface area (Å²) in [6.45, 7) is 0. The Morgan fingerprint density at radius 1 is 1.22 bits per heavy atom. The first-order chi connectivity index (χ1) is 10.8. The summed E-state index contributed by atoms with van der Waals surface area (Å²) in [4.78, 5) is 10.8. The minimum Gasteiger partial charge on any atom is -0.495 e. The third-order valence-electron chi connectivity index (χ3n) is 3.92. The van der Waals surface area contributed by atoms with Crippen LogP contribution in [0.2, 0.25) is 10.0 Å². The van der Waals surface area contributed by atoms with Gasteiger partial charge in [-0.05, 0) is 37.8 Å². The van der Waals surface area contributed by atoms with Gasteiger partial charge in [0.25, 0.3) is 0 Å². The SMILES string of the molecule is COc1ccc(S(=O)(=O)NC2CCC(C(=O)O)CC2)c(Cl)c1Cl. The molecule has 0 bridgehead atoms. The molecule has 23 heavy (non-hydrogen) atoms. The lowest BCUT2D eigenvalue weighted by atomic mass is 9.87. The molecule has 1 aromatic rings. The summed E-state index contributed by atoms with van der Waals surface area (Å²) in [6.07, 6.45) is 1.83. The Labute approximate surface area is 144 Å². The molecule has 0 spiro atoms. The lowest BCUT2D eigenvalue weighted by molar-refractivity contribution is -0.142. The molecule has 0 amide bonds. The van der Waals surface area contributed by atoms with E-state index in [9.17, 15) is 13.2 Å². The summed E-state index contributed by atoms with van der Waals surface area (Å²) in [6, 6.07) is 2.45. The maximum atomic E-state index is 12.5. The smallest absolute Gasteiger partial charge is 0.306 e. The molecule has 0 atom stereocenters. The summed E-state index contributed by atoms with van der Waals surface area (Å²) >= 11 is 12.0. The van der Waals surface area contributed by atoms with Gasteiger partial charge in [0.1, 0.15) is 15.7 Å². The standard InChI is InChI=1S/C14H17Cl2NO5S/c1-22-10-6-7-11(13(16)12(10)15)23(20,21)17-9-4-2-8(3-5-9)14(18)19/h6-9,17H,2-5H2,1H3,(H,18,19). The average molecular weight is 382 g/mol. The fraction of sp³-hybridized carbons (Fsp3) is 0.500. The number of halogens is 2. The number of hydrogen-bond donors (Lipinski definition) is 2. The second-order valence-electron chi connectivity index (χ2n) is 5.40. The Hall–Kier alpha value is -1.02. The Bertz CT molecular complexity index is 699. The van der Waals surface area contributed by atoms with E-state index in [0.717, 1.165) is 0 Å². The van der Waals surface area contributed by atoms with Gasteiger partial charge in [-0.1, -0.05) is 23.2 Å². The Kier molecular flexibility index (Phi) is 5.78. The molecule has 0 radical (unpaired) electrons. The highest BCUT2D eigenvalue weighted by atomic mass is 35.5. The predicted octanol–water partition coefficient (Wildman–Crippen LogP) is 2.92. The van der Waals surface area contributed by atoms with Gasteiger partial charge in [0.2, 0.25) is 10.0 Å². The largest absolute Gasteiger partial charge is 0.495 e. The van der Waals surface area contributed by atoms with E-state index in [-0.39, 0.29) is 26.7 Å². The van der Waals surface area contributed by atoms with Crippen molar-refractivity contribution in [2.75, 3.05) is 7.11 Å². The molecule has 1 aliphatic carbocycles. The fourth-order valence-electron chi connectivity index (χ4n) is 2.62. The topological polar surface area (TPSA) is 92.7 Å². The number of aliphatic carboxylic acids is 1. The molecule has 6 nitrogen and oxygen atoms in total. The number of sulfonamides is 1. The molecule has 128 valence electrons. The summed E-state index contributed by atoms with van der Waals surface area (Å²) in [5.74, 6) is -0.955. The number of nitrogens with one attached hydrogen (secondary N) is 1. The molecule has 1 aliphatic rings. The van der Waals surface area contributed by atoms with E-state index >= 15 is 0 Å². The van der Waals surface area contributed by atoms with Crippen LogP contribution in [0.4, 0.5) is 0 Å². The molecule has 9 heteroatoms. The number of carboxylic acids is 1. The molecular weight excluding hydrogens is 365 g/mol. The van der Waals surface area contributed by atoms with Crippen molar-refractivity contribution in [1.82, 2.24) is 4.72 Å². The van der Waals surface area contributed by atoms with Gasteiger partial charge in [0, 0.05) is 6.04 Å². The normalized spacial score (nSPS) is 21.9. The van der Waals surface area contributed by atoms with Crippen LogP contribution in [0, 0.1) is 5.92 Å². The Morgan fingerprint density at radius 2 is 1.83 bits per heavy atom. The minimum absolute atomic E-state index is 0.0339. The summed E-state index contributed by atoms with van der Waals surface area (Å²) < 4.78 is 32.5. The Morgan fingerprint density at radius 3 is 2.35 bits per heavy atom. The number of rotatable bonds is 5. The van der Waals surface area contributed by atoms with Crippen LogP contribution in [0.5, 0.6) is 5.75 Å². The van der Waals surface area contributed by atoms with Crippen LogP contribution < -0.4 is 9.46 Å². The molecule has 0 unspecified atom stereocenters. The minimum atomic E-state index is -3.85. The van der Waals surface area contributed by atoms with E-state index in [1.54, 1.807) is 0 Å². The van der Waals surface area contributed by atoms with Gasteiger partial charge in [-0.15, -0.1) is 0 Å². The van der Waals surface area contributed by atoms with Crippen LogP contribution in [0.1, 0.15) is 25.7 Å². The van der Waals surface area contributed by atoms with Gasteiger partial charge >= 0.3 is 5.97 Å². The van der Waals surface area contributed by atoms with Crippen molar-refractivity contribution in [1.29, 1.82) is 0 Å². The van der Waals surface area contributed by atoms with Crippen molar-refractivity contribution >= 4 is 39.2 Å². The maximum absolute atomic E-state index is 12.5. The van der Waals surface area contributed by atoms with Gasteiger partial charge in [-0.2, -0.15) is 0 Å². The quantitative estimate of drug-likeness (QED) is 0.817. The van der Waals surface area contributed by atoms with Gasteiger partial charge in [-0.25, -0.2) is 13.1 Å².